The highest BCUT2D eigenvalue weighted by atomic mass is 127. The molecule has 0 aliphatic heterocycles. The van der Waals surface area contributed by atoms with E-state index in [4.69, 9.17) is 11.8 Å². The molecule has 2 rings (SSSR count). The lowest BCUT2D eigenvalue weighted by Crippen LogP contribution is -2.10. The third-order valence-electron chi connectivity index (χ3n) is 1.80. The first kappa shape index (κ1) is 9.02. The van der Waals surface area contributed by atoms with Crippen LogP contribution in [0.5, 0.6) is 0 Å². The Bertz CT molecular complexity index is 520. The number of rotatable bonds is 0. The van der Waals surface area contributed by atoms with Crippen molar-refractivity contribution in [3.8, 4) is 0 Å². The second kappa shape index (κ2) is 3.31. The molecule has 0 amide bonds. The van der Waals surface area contributed by atoms with Crippen molar-refractivity contribution >= 4 is 45.3 Å². The highest BCUT2D eigenvalue weighted by Crippen LogP contribution is 2.16. The van der Waals surface area contributed by atoms with Crippen LogP contribution in [0.1, 0.15) is 0 Å². The van der Waals surface area contributed by atoms with E-state index in [1.54, 1.807) is 6.07 Å². The van der Waals surface area contributed by atoms with Gasteiger partial charge in [-0.25, -0.2) is 4.09 Å². The second-order valence-corrected chi connectivity index (χ2v) is 4.24. The molecular formula is C9H5ClINO. The van der Waals surface area contributed by atoms with Crippen LogP contribution in [0.4, 0.5) is 0 Å². The molecule has 0 atom stereocenters. The molecule has 0 aliphatic rings. The normalized spacial score (nSPS) is 10.6. The molecule has 1 aromatic carbocycles. The van der Waals surface area contributed by atoms with Gasteiger partial charge >= 0.3 is 0 Å². The Morgan fingerprint density at radius 3 is 2.77 bits per heavy atom. The van der Waals surface area contributed by atoms with E-state index < -0.39 is 0 Å². The summed E-state index contributed by atoms with van der Waals surface area (Å²) < 4.78 is 2.26. The molecule has 0 bridgehead atoms. The fraction of sp³-hybridized carbons (Fsp3) is 0. The van der Waals surface area contributed by atoms with Crippen LogP contribution in [-0.2, 0) is 0 Å². The van der Waals surface area contributed by atoms with Gasteiger partial charge in [0.25, 0.3) is 5.56 Å². The van der Waals surface area contributed by atoms with Crippen molar-refractivity contribution in [2.24, 2.45) is 0 Å². The molecule has 0 fully saturated rings. The van der Waals surface area contributed by atoms with Crippen molar-refractivity contribution in [1.29, 1.82) is 0 Å². The standard InChI is InChI=1S/C9H5ClINO/c10-12-8-3-2-7(11)5-6(8)1-4-9(12)13/h1-5H. The van der Waals surface area contributed by atoms with Gasteiger partial charge in [-0.15, -0.1) is 0 Å². The minimum atomic E-state index is -0.199. The van der Waals surface area contributed by atoms with E-state index in [1.807, 2.05) is 18.2 Å². The molecule has 0 radical (unpaired) electrons. The first-order valence-electron chi connectivity index (χ1n) is 3.66. The van der Waals surface area contributed by atoms with Crippen LogP contribution < -0.4 is 5.56 Å². The highest BCUT2D eigenvalue weighted by Gasteiger charge is 1.99. The predicted octanol–water partition coefficient (Wildman–Crippen LogP) is 2.61. The summed E-state index contributed by atoms with van der Waals surface area (Å²) in [6.45, 7) is 0. The highest BCUT2D eigenvalue weighted by molar-refractivity contribution is 14.1. The Kier molecular flexibility index (Phi) is 2.29. The molecule has 4 heteroatoms. The zero-order chi connectivity index (χ0) is 9.42. The summed E-state index contributed by atoms with van der Waals surface area (Å²) in [5.74, 6) is 0. The van der Waals surface area contributed by atoms with Gasteiger partial charge in [0.1, 0.15) is 0 Å². The maximum Gasteiger partial charge on any atom is 0.265 e. The van der Waals surface area contributed by atoms with E-state index in [9.17, 15) is 4.79 Å². The quantitative estimate of drug-likeness (QED) is 0.686. The number of halogens is 2. The zero-order valence-corrected chi connectivity index (χ0v) is 9.41. The number of nitrogens with zero attached hydrogens (tertiary/aromatic N) is 1. The molecule has 66 valence electrons. The number of pyridine rings is 1. The zero-order valence-electron chi connectivity index (χ0n) is 6.50. The van der Waals surface area contributed by atoms with Crippen LogP contribution in [0.15, 0.2) is 35.1 Å². The van der Waals surface area contributed by atoms with Crippen molar-refractivity contribution in [3.63, 3.8) is 0 Å². The summed E-state index contributed by atoms with van der Waals surface area (Å²) in [4.78, 5) is 11.1. The Morgan fingerprint density at radius 2 is 2.00 bits per heavy atom. The lowest BCUT2D eigenvalue weighted by molar-refractivity contribution is 1.19. The van der Waals surface area contributed by atoms with Crippen LogP contribution >= 0.6 is 34.4 Å². The van der Waals surface area contributed by atoms with Gasteiger partial charge in [-0.1, -0.05) is 0 Å². The second-order valence-electron chi connectivity index (χ2n) is 2.66. The predicted molar refractivity (Wildman–Crippen MR) is 62.2 cm³/mol. The maximum absolute atomic E-state index is 11.1. The molecule has 2 nitrogen and oxygen atoms in total. The van der Waals surface area contributed by atoms with E-state index in [0.29, 0.717) is 0 Å². The van der Waals surface area contributed by atoms with E-state index in [2.05, 4.69) is 22.6 Å². The number of fused-ring (bicyclic) bond motifs is 1. The fourth-order valence-electron chi connectivity index (χ4n) is 1.18. The van der Waals surface area contributed by atoms with Crippen molar-refractivity contribution in [3.05, 3.63) is 44.3 Å². The maximum atomic E-state index is 11.1. The SMILES string of the molecule is O=c1ccc2cc(I)ccc2n1Cl. The van der Waals surface area contributed by atoms with Crippen LogP contribution in [0, 0.1) is 3.57 Å². The number of hydrogen-bond acceptors (Lipinski definition) is 1. The monoisotopic (exact) mass is 305 g/mol. The summed E-state index contributed by atoms with van der Waals surface area (Å²) in [6.07, 6.45) is 0. The van der Waals surface area contributed by atoms with Crippen LogP contribution in [-0.4, -0.2) is 4.09 Å². The Balaban J connectivity index is 2.95. The Morgan fingerprint density at radius 1 is 1.23 bits per heavy atom. The van der Waals surface area contributed by atoms with Crippen LogP contribution in [0.3, 0.4) is 0 Å². The third kappa shape index (κ3) is 1.58. The van der Waals surface area contributed by atoms with Crippen molar-refractivity contribution in [2.45, 2.75) is 0 Å². The van der Waals surface area contributed by atoms with Gasteiger partial charge in [-0.2, -0.15) is 0 Å². The molecule has 2 aromatic rings. The largest absolute Gasteiger partial charge is 0.268 e. The molecule has 0 aliphatic carbocycles. The summed E-state index contributed by atoms with van der Waals surface area (Å²) >= 11 is 8.00. The van der Waals surface area contributed by atoms with Crippen LogP contribution in [0.2, 0.25) is 0 Å². The molecule has 0 unspecified atom stereocenters. The van der Waals surface area contributed by atoms with E-state index in [0.717, 1.165) is 18.6 Å². The van der Waals surface area contributed by atoms with Gasteiger partial charge in [0, 0.05) is 26.8 Å². The van der Waals surface area contributed by atoms with E-state index in [-0.39, 0.29) is 5.56 Å². The van der Waals surface area contributed by atoms with Gasteiger partial charge in [0.2, 0.25) is 0 Å². The van der Waals surface area contributed by atoms with Crippen LogP contribution in [0.25, 0.3) is 10.9 Å². The van der Waals surface area contributed by atoms with E-state index in [1.165, 1.54) is 6.07 Å². The molecular weight excluding hydrogens is 300 g/mol. The van der Waals surface area contributed by atoms with Crippen molar-refractivity contribution in [1.82, 2.24) is 4.09 Å². The first-order valence-corrected chi connectivity index (χ1v) is 5.07. The smallest absolute Gasteiger partial charge is 0.265 e. The van der Waals surface area contributed by atoms with Gasteiger partial charge in [-0.05, 0) is 46.9 Å². The van der Waals surface area contributed by atoms with Crippen molar-refractivity contribution < 1.29 is 0 Å². The summed E-state index contributed by atoms with van der Waals surface area (Å²) in [5, 5.41) is 0.974. The molecule has 0 saturated carbocycles. The van der Waals surface area contributed by atoms with Gasteiger partial charge in [-0.3, -0.25) is 4.79 Å². The fourth-order valence-corrected chi connectivity index (χ4v) is 1.91. The molecule has 1 heterocycles. The summed E-state index contributed by atoms with van der Waals surface area (Å²) in [6, 6.07) is 8.98. The van der Waals surface area contributed by atoms with E-state index >= 15 is 0 Å². The lowest BCUT2D eigenvalue weighted by atomic mass is 10.2. The molecule has 13 heavy (non-hydrogen) atoms. The average Bonchev–Trinajstić information content (AvgIpc) is 2.12. The average molecular weight is 306 g/mol. The van der Waals surface area contributed by atoms with Gasteiger partial charge < -0.3 is 0 Å². The number of hydrogen-bond donors (Lipinski definition) is 0. The number of benzene rings is 1. The Labute approximate surface area is 93.4 Å². The Hall–Kier alpha value is -0.550. The molecule has 0 spiro atoms. The number of aromatic nitrogens is 1. The topological polar surface area (TPSA) is 22.0 Å². The van der Waals surface area contributed by atoms with Crippen molar-refractivity contribution in [2.75, 3.05) is 0 Å². The van der Waals surface area contributed by atoms with Gasteiger partial charge in [0.05, 0.1) is 5.52 Å². The van der Waals surface area contributed by atoms with Gasteiger partial charge in [0.15, 0.2) is 0 Å². The molecule has 1 aromatic heterocycles. The molecule has 0 saturated heterocycles. The minimum absolute atomic E-state index is 0.199. The third-order valence-corrected chi connectivity index (χ3v) is 2.82. The first-order chi connectivity index (χ1) is 6.18. The molecule has 0 N–H and O–H groups in total. The lowest BCUT2D eigenvalue weighted by Gasteiger charge is -2.01. The minimum Gasteiger partial charge on any atom is -0.268 e. The summed E-state index contributed by atoms with van der Waals surface area (Å²) in [5.41, 5.74) is 0.546. The summed E-state index contributed by atoms with van der Waals surface area (Å²) in [7, 11) is 0.